The van der Waals surface area contributed by atoms with Gasteiger partial charge in [-0.1, -0.05) is 27.5 Å². The second-order valence-electron chi connectivity index (χ2n) is 4.15. The molecule has 1 atom stereocenters. The van der Waals surface area contributed by atoms with E-state index in [0.717, 1.165) is 4.47 Å². The normalized spacial score (nSPS) is 19.2. The van der Waals surface area contributed by atoms with Crippen molar-refractivity contribution in [2.75, 3.05) is 11.9 Å². The molecule has 0 aliphatic carbocycles. The Morgan fingerprint density at radius 1 is 1.50 bits per heavy atom. The van der Waals surface area contributed by atoms with E-state index in [2.05, 4.69) is 26.6 Å². The highest BCUT2D eigenvalue weighted by Gasteiger charge is 2.24. The summed E-state index contributed by atoms with van der Waals surface area (Å²) in [6, 6.07) is 5.27. The summed E-state index contributed by atoms with van der Waals surface area (Å²) in [5, 5.41) is 5.96. The maximum absolute atomic E-state index is 12.0. The topological polar surface area (TPSA) is 58.2 Å². The average Bonchev–Trinajstić information content (AvgIpc) is 2.34. The van der Waals surface area contributed by atoms with E-state index in [0.29, 0.717) is 30.1 Å². The number of halogens is 2. The first kappa shape index (κ1) is 13.4. The van der Waals surface area contributed by atoms with Crippen LogP contribution >= 0.6 is 27.5 Å². The van der Waals surface area contributed by atoms with Gasteiger partial charge < -0.3 is 10.6 Å². The first-order valence-electron chi connectivity index (χ1n) is 5.59. The molecule has 96 valence electrons. The van der Waals surface area contributed by atoms with Crippen LogP contribution < -0.4 is 10.6 Å². The molecule has 1 aliphatic heterocycles. The third-order valence-electron chi connectivity index (χ3n) is 2.82. The Hall–Kier alpha value is -1.07. The Labute approximate surface area is 118 Å². The summed E-state index contributed by atoms with van der Waals surface area (Å²) in [5.74, 6) is -0.313. The van der Waals surface area contributed by atoms with Crippen LogP contribution in [0.25, 0.3) is 0 Å². The highest BCUT2D eigenvalue weighted by Crippen LogP contribution is 2.26. The van der Waals surface area contributed by atoms with Gasteiger partial charge in [0.25, 0.3) is 0 Å². The SMILES string of the molecule is O=C1CCC(C(=O)Nc2cc(Br)ccc2Cl)CN1. The summed E-state index contributed by atoms with van der Waals surface area (Å²) < 4.78 is 0.846. The quantitative estimate of drug-likeness (QED) is 0.875. The minimum absolute atomic E-state index is 0.000428. The number of carbonyl (C=O) groups is 2. The molecule has 0 saturated carbocycles. The van der Waals surface area contributed by atoms with Crippen LogP contribution in [0.3, 0.4) is 0 Å². The molecule has 6 heteroatoms. The molecule has 2 N–H and O–H groups in total. The second kappa shape index (κ2) is 5.71. The summed E-state index contributed by atoms with van der Waals surface area (Å²) in [6.07, 6.45) is 0.966. The summed E-state index contributed by atoms with van der Waals surface area (Å²) >= 11 is 9.32. The minimum atomic E-state index is -0.197. The van der Waals surface area contributed by atoms with E-state index in [-0.39, 0.29) is 17.7 Å². The molecule has 1 aromatic rings. The number of hydrogen-bond donors (Lipinski definition) is 2. The Morgan fingerprint density at radius 3 is 2.94 bits per heavy atom. The average molecular weight is 332 g/mol. The zero-order valence-electron chi connectivity index (χ0n) is 9.50. The van der Waals surface area contributed by atoms with Crippen molar-refractivity contribution < 1.29 is 9.59 Å². The molecule has 0 spiro atoms. The number of benzene rings is 1. The Kier molecular flexibility index (Phi) is 4.24. The van der Waals surface area contributed by atoms with Gasteiger partial charge in [0.15, 0.2) is 0 Å². The van der Waals surface area contributed by atoms with Crippen LogP contribution in [0.2, 0.25) is 5.02 Å². The fraction of sp³-hybridized carbons (Fsp3) is 0.333. The highest BCUT2D eigenvalue weighted by atomic mass is 79.9. The van der Waals surface area contributed by atoms with Crippen LogP contribution in [0.5, 0.6) is 0 Å². The summed E-state index contributed by atoms with van der Waals surface area (Å²) in [5.41, 5.74) is 0.577. The van der Waals surface area contributed by atoms with Crippen LogP contribution in [-0.4, -0.2) is 18.4 Å². The molecule has 1 saturated heterocycles. The lowest BCUT2D eigenvalue weighted by Gasteiger charge is -2.21. The number of amides is 2. The van der Waals surface area contributed by atoms with Gasteiger partial charge in [0.2, 0.25) is 11.8 Å². The predicted molar refractivity (Wildman–Crippen MR) is 73.5 cm³/mol. The molecule has 1 fully saturated rings. The van der Waals surface area contributed by atoms with E-state index in [1.165, 1.54) is 0 Å². The van der Waals surface area contributed by atoms with Crippen molar-refractivity contribution >= 4 is 45.0 Å². The lowest BCUT2D eigenvalue weighted by Crippen LogP contribution is -2.40. The molecular weight excluding hydrogens is 320 g/mol. The first-order chi connectivity index (χ1) is 8.56. The third kappa shape index (κ3) is 3.23. The number of hydrogen-bond acceptors (Lipinski definition) is 2. The third-order valence-corrected chi connectivity index (χ3v) is 3.65. The smallest absolute Gasteiger partial charge is 0.229 e. The van der Waals surface area contributed by atoms with E-state index >= 15 is 0 Å². The van der Waals surface area contributed by atoms with Gasteiger partial charge in [-0.05, 0) is 24.6 Å². The van der Waals surface area contributed by atoms with Gasteiger partial charge in [0.05, 0.1) is 16.6 Å². The minimum Gasteiger partial charge on any atom is -0.355 e. The summed E-state index contributed by atoms with van der Waals surface area (Å²) in [6.45, 7) is 0.385. The van der Waals surface area contributed by atoms with Crippen LogP contribution in [0.1, 0.15) is 12.8 Å². The molecule has 1 aromatic carbocycles. The monoisotopic (exact) mass is 330 g/mol. The summed E-state index contributed by atoms with van der Waals surface area (Å²) in [4.78, 5) is 23.0. The van der Waals surface area contributed by atoms with Crippen molar-refractivity contribution in [1.82, 2.24) is 5.32 Å². The van der Waals surface area contributed by atoms with Crippen molar-refractivity contribution in [3.63, 3.8) is 0 Å². The molecule has 0 radical (unpaired) electrons. The van der Waals surface area contributed by atoms with Crippen LogP contribution in [-0.2, 0) is 9.59 Å². The van der Waals surface area contributed by atoms with Crippen molar-refractivity contribution in [2.24, 2.45) is 5.92 Å². The molecule has 0 aromatic heterocycles. The maximum atomic E-state index is 12.0. The van der Waals surface area contributed by atoms with Gasteiger partial charge in [-0.15, -0.1) is 0 Å². The standard InChI is InChI=1S/C12H12BrClN2O2/c13-8-2-3-9(14)10(5-8)16-12(18)7-1-4-11(17)15-6-7/h2-3,5,7H,1,4,6H2,(H,15,17)(H,16,18). The molecule has 1 unspecified atom stereocenters. The molecule has 1 aliphatic rings. The molecule has 2 amide bonds. The molecule has 1 heterocycles. The first-order valence-corrected chi connectivity index (χ1v) is 6.76. The number of nitrogens with one attached hydrogen (secondary N) is 2. The fourth-order valence-corrected chi connectivity index (χ4v) is 2.31. The van der Waals surface area contributed by atoms with E-state index in [4.69, 9.17) is 11.6 Å². The van der Waals surface area contributed by atoms with Crippen LogP contribution in [0.4, 0.5) is 5.69 Å². The molecule has 0 bridgehead atoms. The number of piperidine rings is 1. The number of rotatable bonds is 2. The molecular formula is C12H12BrClN2O2. The van der Waals surface area contributed by atoms with Crippen LogP contribution in [0.15, 0.2) is 22.7 Å². The van der Waals surface area contributed by atoms with Crippen molar-refractivity contribution in [2.45, 2.75) is 12.8 Å². The van der Waals surface area contributed by atoms with E-state index < -0.39 is 0 Å². The van der Waals surface area contributed by atoms with Crippen molar-refractivity contribution in [3.05, 3.63) is 27.7 Å². The Morgan fingerprint density at radius 2 is 2.28 bits per heavy atom. The van der Waals surface area contributed by atoms with Crippen molar-refractivity contribution in [3.8, 4) is 0 Å². The van der Waals surface area contributed by atoms with Gasteiger partial charge >= 0.3 is 0 Å². The molecule has 2 rings (SSSR count). The van der Waals surface area contributed by atoms with Gasteiger partial charge in [-0.25, -0.2) is 0 Å². The zero-order valence-corrected chi connectivity index (χ0v) is 11.8. The van der Waals surface area contributed by atoms with E-state index in [1.807, 2.05) is 0 Å². The molecule has 18 heavy (non-hydrogen) atoms. The largest absolute Gasteiger partial charge is 0.355 e. The maximum Gasteiger partial charge on any atom is 0.229 e. The molecule has 4 nitrogen and oxygen atoms in total. The lowest BCUT2D eigenvalue weighted by atomic mass is 9.98. The van der Waals surface area contributed by atoms with Gasteiger partial charge in [0.1, 0.15) is 0 Å². The fourth-order valence-electron chi connectivity index (χ4n) is 1.78. The van der Waals surface area contributed by atoms with E-state index in [1.54, 1.807) is 18.2 Å². The van der Waals surface area contributed by atoms with Gasteiger partial charge in [-0.2, -0.15) is 0 Å². The predicted octanol–water partition coefficient (Wildman–Crippen LogP) is 2.57. The van der Waals surface area contributed by atoms with Crippen molar-refractivity contribution in [1.29, 1.82) is 0 Å². The zero-order chi connectivity index (χ0) is 13.1. The van der Waals surface area contributed by atoms with E-state index in [9.17, 15) is 9.59 Å². The number of carbonyl (C=O) groups excluding carboxylic acids is 2. The van der Waals surface area contributed by atoms with Gasteiger partial charge in [-0.3, -0.25) is 9.59 Å². The van der Waals surface area contributed by atoms with Gasteiger partial charge in [0, 0.05) is 17.4 Å². The number of anilines is 1. The Bertz CT molecular complexity index is 483. The Balaban J connectivity index is 2.02. The van der Waals surface area contributed by atoms with Crippen LogP contribution in [0, 0.1) is 5.92 Å². The lowest BCUT2D eigenvalue weighted by molar-refractivity contribution is -0.126. The highest BCUT2D eigenvalue weighted by molar-refractivity contribution is 9.10. The summed E-state index contributed by atoms with van der Waals surface area (Å²) in [7, 11) is 0. The second-order valence-corrected chi connectivity index (χ2v) is 5.48.